The minimum atomic E-state index is -3.50. The molecule has 6 nitrogen and oxygen atoms in total. The summed E-state index contributed by atoms with van der Waals surface area (Å²) in [6.45, 7) is 4.60. The Hall–Kier alpha value is -2.51. The number of aromatic nitrogens is 1. The molecule has 0 N–H and O–H groups in total. The molecular formula is C22H27N3O3S. The van der Waals surface area contributed by atoms with Crippen molar-refractivity contribution in [3.63, 3.8) is 0 Å². The van der Waals surface area contributed by atoms with Crippen molar-refractivity contribution in [3.8, 4) is 0 Å². The second-order valence-electron chi connectivity index (χ2n) is 7.42. The van der Waals surface area contributed by atoms with E-state index < -0.39 is 10.0 Å². The molecule has 0 unspecified atom stereocenters. The van der Waals surface area contributed by atoms with E-state index in [4.69, 9.17) is 0 Å². The number of benzene rings is 1. The maximum absolute atomic E-state index is 13.0. The molecule has 1 aliphatic rings. The lowest BCUT2D eigenvalue weighted by Crippen LogP contribution is -2.42. The number of hydrogen-bond acceptors (Lipinski definition) is 4. The van der Waals surface area contributed by atoms with E-state index >= 15 is 0 Å². The molecule has 1 aromatic heterocycles. The van der Waals surface area contributed by atoms with E-state index in [9.17, 15) is 13.2 Å². The summed E-state index contributed by atoms with van der Waals surface area (Å²) in [5, 5.41) is 1.25. The fraction of sp³-hybridized carbons (Fsp3) is 0.364. The van der Waals surface area contributed by atoms with Crippen LogP contribution in [0, 0.1) is 5.92 Å². The average Bonchev–Trinajstić information content (AvgIpc) is 2.73. The zero-order valence-electron chi connectivity index (χ0n) is 16.8. The van der Waals surface area contributed by atoms with Crippen molar-refractivity contribution in [1.82, 2.24) is 8.87 Å². The van der Waals surface area contributed by atoms with Crippen molar-refractivity contribution in [3.05, 3.63) is 71.2 Å². The molecule has 0 saturated carbocycles. The molecule has 29 heavy (non-hydrogen) atoms. The number of nitrogens with zero attached hydrogens (tertiary/aromatic N) is 3. The lowest BCUT2D eigenvalue weighted by atomic mass is 9.97. The topological polar surface area (TPSA) is 71.7 Å². The first-order valence-corrected chi connectivity index (χ1v) is 11.4. The van der Waals surface area contributed by atoms with Crippen LogP contribution in [0.5, 0.6) is 0 Å². The van der Waals surface area contributed by atoms with Crippen molar-refractivity contribution >= 4 is 22.0 Å². The number of piperidine rings is 1. The Morgan fingerprint density at radius 1 is 1.07 bits per heavy atom. The van der Waals surface area contributed by atoms with Gasteiger partial charge >= 0.3 is 0 Å². The quantitative estimate of drug-likeness (QED) is 0.756. The van der Waals surface area contributed by atoms with Gasteiger partial charge in [0.25, 0.3) is 0 Å². The largest absolute Gasteiger partial charge is 0.274 e. The van der Waals surface area contributed by atoms with Crippen LogP contribution in [0.25, 0.3) is 6.08 Å². The van der Waals surface area contributed by atoms with E-state index in [1.165, 1.54) is 9.71 Å². The highest BCUT2D eigenvalue weighted by molar-refractivity contribution is 7.92. The molecular weight excluding hydrogens is 386 g/mol. The van der Waals surface area contributed by atoms with Gasteiger partial charge in [0.1, 0.15) is 5.49 Å². The van der Waals surface area contributed by atoms with E-state index in [0.717, 1.165) is 5.56 Å². The summed E-state index contributed by atoms with van der Waals surface area (Å²) in [7, 11) is -3.50. The molecule has 1 aliphatic heterocycles. The Balaban J connectivity index is 1.68. The smallest absolute Gasteiger partial charge is 0.236 e. The fourth-order valence-electron chi connectivity index (χ4n) is 3.36. The van der Waals surface area contributed by atoms with Gasteiger partial charge in [0.2, 0.25) is 15.9 Å². The molecule has 0 radical (unpaired) electrons. The molecule has 0 atom stereocenters. The van der Waals surface area contributed by atoms with Crippen molar-refractivity contribution < 1.29 is 13.2 Å². The summed E-state index contributed by atoms with van der Waals surface area (Å²) in [6, 6.07) is 14.9. The van der Waals surface area contributed by atoms with E-state index in [2.05, 4.69) is 4.99 Å². The SMILES string of the molecule is CC(C)N=c1ccccn1C(=O)C1CCN(S(=O)(=O)/C=C/c2ccccc2)CC1. The Morgan fingerprint density at radius 2 is 1.72 bits per heavy atom. The van der Waals surface area contributed by atoms with E-state index in [1.807, 2.05) is 62.4 Å². The Kier molecular flexibility index (Phi) is 6.82. The van der Waals surface area contributed by atoms with Gasteiger partial charge in [-0.25, -0.2) is 8.42 Å². The fourth-order valence-corrected chi connectivity index (χ4v) is 4.58. The predicted molar refractivity (Wildman–Crippen MR) is 114 cm³/mol. The molecule has 1 fully saturated rings. The minimum Gasteiger partial charge on any atom is -0.274 e. The van der Waals surface area contributed by atoms with Gasteiger partial charge in [-0.15, -0.1) is 0 Å². The van der Waals surface area contributed by atoms with Gasteiger partial charge in [-0.05, 0) is 50.5 Å². The second kappa shape index (κ2) is 9.33. The van der Waals surface area contributed by atoms with Crippen molar-refractivity contribution in [2.45, 2.75) is 32.7 Å². The van der Waals surface area contributed by atoms with Crippen LogP contribution in [0.1, 0.15) is 37.0 Å². The highest BCUT2D eigenvalue weighted by Gasteiger charge is 2.30. The first-order chi connectivity index (χ1) is 13.9. The van der Waals surface area contributed by atoms with Gasteiger partial charge in [-0.1, -0.05) is 36.4 Å². The Labute approximate surface area is 172 Å². The average molecular weight is 414 g/mol. The van der Waals surface area contributed by atoms with Gasteiger partial charge in [0.15, 0.2) is 0 Å². The van der Waals surface area contributed by atoms with Crippen LogP contribution in [0.3, 0.4) is 0 Å². The first-order valence-electron chi connectivity index (χ1n) is 9.86. The number of carbonyl (C=O) groups excluding carboxylic acids is 1. The predicted octanol–water partition coefficient (Wildman–Crippen LogP) is 3.15. The summed E-state index contributed by atoms with van der Waals surface area (Å²) < 4.78 is 28.3. The van der Waals surface area contributed by atoms with Crippen molar-refractivity contribution in [2.75, 3.05) is 13.1 Å². The van der Waals surface area contributed by atoms with Crippen molar-refractivity contribution in [1.29, 1.82) is 0 Å². The third-order valence-electron chi connectivity index (χ3n) is 4.86. The third-order valence-corrected chi connectivity index (χ3v) is 6.43. The molecule has 1 saturated heterocycles. The molecule has 0 spiro atoms. The van der Waals surface area contributed by atoms with Gasteiger partial charge in [0.05, 0.1) is 0 Å². The maximum atomic E-state index is 13.0. The van der Waals surface area contributed by atoms with Gasteiger partial charge in [-0.3, -0.25) is 14.4 Å². The van der Waals surface area contributed by atoms with Crippen LogP contribution in [0.2, 0.25) is 0 Å². The van der Waals surface area contributed by atoms with Crippen LogP contribution < -0.4 is 5.49 Å². The van der Waals surface area contributed by atoms with E-state index in [0.29, 0.717) is 31.4 Å². The summed E-state index contributed by atoms with van der Waals surface area (Å²) in [5.74, 6) is -0.241. The molecule has 0 amide bonds. The highest BCUT2D eigenvalue weighted by atomic mass is 32.2. The second-order valence-corrected chi connectivity index (χ2v) is 9.24. The Bertz CT molecular complexity index is 1030. The summed E-state index contributed by atoms with van der Waals surface area (Å²) in [4.78, 5) is 17.5. The summed E-state index contributed by atoms with van der Waals surface area (Å²) in [5.41, 5.74) is 1.47. The highest BCUT2D eigenvalue weighted by Crippen LogP contribution is 2.22. The number of carbonyl (C=O) groups is 1. The van der Waals surface area contributed by atoms with Crippen LogP contribution >= 0.6 is 0 Å². The maximum Gasteiger partial charge on any atom is 0.236 e. The van der Waals surface area contributed by atoms with Crippen molar-refractivity contribution in [2.24, 2.45) is 10.9 Å². The van der Waals surface area contributed by atoms with Gasteiger partial charge in [0, 0.05) is 36.7 Å². The Morgan fingerprint density at radius 3 is 2.38 bits per heavy atom. The molecule has 1 aromatic carbocycles. The summed E-state index contributed by atoms with van der Waals surface area (Å²) in [6.07, 6.45) is 4.34. The van der Waals surface area contributed by atoms with Crippen LogP contribution in [0.15, 0.2) is 65.1 Å². The lowest BCUT2D eigenvalue weighted by Gasteiger charge is -2.29. The van der Waals surface area contributed by atoms with Crippen LogP contribution in [0.4, 0.5) is 0 Å². The molecule has 0 bridgehead atoms. The van der Waals surface area contributed by atoms with E-state index in [-0.39, 0.29) is 17.9 Å². The number of rotatable bonds is 5. The normalized spacial score (nSPS) is 17.3. The number of sulfonamides is 1. The third kappa shape index (κ3) is 5.52. The number of hydrogen-bond donors (Lipinski definition) is 0. The zero-order chi connectivity index (χ0) is 20.9. The molecule has 0 aliphatic carbocycles. The number of pyridine rings is 1. The molecule has 2 heterocycles. The molecule has 154 valence electrons. The van der Waals surface area contributed by atoms with Crippen LogP contribution in [-0.2, 0) is 10.0 Å². The monoisotopic (exact) mass is 413 g/mol. The van der Waals surface area contributed by atoms with Crippen LogP contribution in [-0.4, -0.2) is 42.3 Å². The standard InChI is InChI=1S/C22H27N3O3S/c1-18(2)23-21-10-6-7-14-25(21)22(26)20-11-15-24(16-12-20)29(27,28)17-13-19-8-4-3-5-9-19/h3-10,13-14,17-18,20H,11-12,15-16H2,1-2H3/b17-13+,23-21?. The molecule has 3 rings (SSSR count). The van der Waals surface area contributed by atoms with Gasteiger partial charge in [-0.2, -0.15) is 4.31 Å². The van der Waals surface area contributed by atoms with Gasteiger partial charge < -0.3 is 0 Å². The molecule has 2 aromatic rings. The zero-order valence-corrected chi connectivity index (χ0v) is 17.6. The van der Waals surface area contributed by atoms with E-state index in [1.54, 1.807) is 16.8 Å². The minimum absolute atomic E-state index is 0.0260. The molecule has 7 heteroatoms. The lowest BCUT2D eigenvalue weighted by molar-refractivity contribution is 0.0781. The first kappa shape index (κ1) is 21.2. The summed E-state index contributed by atoms with van der Waals surface area (Å²) >= 11 is 0.